The number of benzene rings is 1. The van der Waals surface area contributed by atoms with Crippen LogP contribution in [0.4, 0.5) is 5.69 Å². The zero-order chi connectivity index (χ0) is 18.1. The molecular formula is C17H18N4O4. The number of nitrogens with zero attached hydrogens (tertiary/aromatic N) is 4. The molecule has 0 unspecified atom stereocenters. The van der Waals surface area contributed by atoms with Crippen LogP contribution in [0, 0.1) is 17.0 Å². The fourth-order valence-corrected chi connectivity index (χ4v) is 2.94. The molecule has 0 aliphatic heterocycles. The van der Waals surface area contributed by atoms with E-state index in [2.05, 4.69) is 5.16 Å². The molecule has 2 aromatic heterocycles. The van der Waals surface area contributed by atoms with Gasteiger partial charge in [-0.15, -0.1) is 0 Å². The minimum Gasteiger partial charge on any atom is -0.349 e. The van der Waals surface area contributed by atoms with Crippen molar-refractivity contribution in [2.75, 3.05) is 0 Å². The van der Waals surface area contributed by atoms with Gasteiger partial charge < -0.3 is 4.52 Å². The molecule has 0 aliphatic carbocycles. The normalized spacial score (nSPS) is 11.6. The van der Waals surface area contributed by atoms with Gasteiger partial charge in [-0.05, 0) is 44.5 Å². The molecule has 130 valence electrons. The first-order chi connectivity index (χ1) is 12.0. The zero-order valence-electron chi connectivity index (χ0n) is 14.2. The van der Waals surface area contributed by atoms with Crippen LogP contribution in [-0.2, 0) is 13.1 Å². The van der Waals surface area contributed by atoms with E-state index >= 15 is 0 Å². The molecule has 1 aromatic carbocycles. The Morgan fingerprint density at radius 3 is 2.52 bits per heavy atom. The van der Waals surface area contributed by atoms with Gasteiger partial charge in [-0.1, -0.05) is 17.3 Å². The molecule has 3 rings (SSSR count). The molecular weight excluding hydrogens is 324 g/mol. The lowest BCUT2D eigenvalue weighted by Crippen LogP contribution is -2.22. The lowest BCUT2D eigenvalue weighted by Gasteiger charge is -2.00. The molecule has 0 spiro atoms. The second-order valence-electron chi connectivity index (χ2n) is 5.59. The molecule has 8 nitrogen and oxygen atoms in total. The predicted molar refractivity (Wildman–Crippen MR) is 94.4 cm³/mol. The Hall–Kier alpha value is -3.16. The van der Waals surface area contributed by atoms with Crippen molar-refractivity contribution < 1.29 is 9.45 Å². The van der Waals surface area contributed by atoms with E-state index in [-0.39, 0.29) is 22.8 Å². The van der Waals surface area contributed by atoms with Crippen LogP contribution in [0.15, 0.2) is 27.5 Å². The van der Waals surface area contributed by atoms with Crippen LogP contribution in [0.3, 0.4) is 0 Å². The van der Waals surface area contributed by atoms with Crippen LogP contribution in [-0.4, -0.2) is 19.2 Å². The highest BCUT2D eigenvalue weighted by Crippen LogP contribution is 2.25. The van der Waals surface area contributed by atoms with Gasteiger partial charge in [0.05, 0.1) is 16.0 Å². The molecule has 3 aromatic rings. The Morgan fingerprint density at radius 2 is 1.88 bits per heavy atom. The van der Waals surface area contributed by atoms with E-state index in [1.54, 1.807) is 15.2 Å². The molecule has 0 bridgehead atoms. The van der Waals surface area contributed by atoms with E-state index in [0.717, 1.165) is 16.6 Å². The SMILES string of the molecule is CCn1c(=O)n(CC)c2cc(C=Cc3onc(C)c3[N+](=O)[O-])ccc21. The Kier molecular flexibility index (Phi) is 4.26. The Balaban J connectivity index is 2.06. The topological polar surface area (TPSA) is 96.1 Å². The fourth-order valence-electron chi connectivity index (χ4n) is 2.94. The van der Waals surface area contributed by atoms with Crippen LogP contribution in [0.25, 0.3) is 23.2 Å². The lowest BCUT2D eigenvalue weighted by molar-refractivity contribution is -0.386. The molecule has 0 radical (unpaired) electrons. The lowest BCUT2D eigenvalue weighted by atomic mass is 10.1. The summed E-state index contributed by atoms with van der Waals surface area (Å²) in [6.45, 7) is 6.55. The summed E-state index contributed by atoms with van der Waals surface area (Å²) in [5, 5.41) is 14.7. The van der Waals surface area contributed by atoms with Gasteiger partial charge >= 0.3 is 11.4 Å². The Bertz CT molecular complexity index is 1040. The number of aryl methyl sites for hydroxylation is 3. The van der Waals surface area contributed by atoms with Crippen molar-refractivity contribution in [2.24, 2.45) is 0 Å². The van der Waals surface area contributed by atoms with E-state index in [9.17, 15) is 14.9 Å². The van der Waals surface area contributed by atoms with E-state index in [0.29, 0.717) is 13.1 Å². The van der Waals surface area contributed by atoms with E-state index in [1.165, 1.54) is 13.0 Å². The Morgan fingerprint density at radius 1 is 1.20 bits per heavy atom. The number of imidazole rings is 1. The van der Waals surface area contributed by atoms with Crippen molar-refractivity contribution in [3.8, 4) is 0 Å². The second-order valence-corrected chi connectivity index (χ2v) is 5.59. The molecule has 0 fully saturated rings. The number of fused-ring (bicyclic) bond motifs is 1. The maximum absolute atomic E-state index is 12.4. The van der Waals surface area contributed by atoms with Gasteiger partial charge in [0.1, 0.15) is 0 Å². The summed E-state index contributed by atoms with van der Waals surface area (Å²) in [6.07, 6.45) is 3.23. The van der Waals surface area contributed by atoms with E-state index in [4.69, 9.17) is 4.52 Å². The fraction of sp³-hybridized carbons (Fsp3) is 0.294. The van der Waals surface area contributed by atoms with Crippen LogP contribution in [0.5, 0.6) is 0 Å². The van der Waals surface area contributed by atoms with Crippen LogP contribution in [0.1, 0.15) is 30.9 Å². The minimum absolute atomic E-state index is 0.0392. The number of rotatable bonds is 5. The summed E-state index contributed by atoms with van der Waals surface area (Å²) >= 11 is 0. The maximum atomic E-state index is 12.4. The van der Waals surface area contributed by atoms with Crippen molar-refractivity contribution in [1.82, 2.24) is 14.3 Å². The first-order valence-electron chi connectivity index (χ1n) is 7.99. The molecule has 0 aliphatic rings. The first-order valence-corrected chi connectivity index (χ1v) is 7.99. The van der Waals surface area contributed by atoms with Gasteiger partial charge in [0, 0.05) is 13.1 Å². The third kappa shape index (κ3) is 2.75. The molecule has 0 amide bonds. The molecule has 2 heterocycles. The highest BCUT2D eigenvalue weighted by Gasteiger charge is 2.21. The molecule has 0 N–H and O–H groups in total. The third-order valence-corrected chi connectivity index (χ3v) is 4.14. The largest absolute Gasteiger partial charge is 0.349 e. The first kappa shape index (κ1) is 16.7. The molecule has 8 heteroatoms. The second kappa shape index (κ2) is 6.39. The summed E-state index contributed by atoms with van der Waals surface area (Å²) < 4.78 is 8.44. The average Bonchev–Trinajstić information content (AvgIpc) is 3.08. The van der Waals surface area contributed by atoms with Gasteiger partial charge in [-0.25, -0.2) is 4.79 Å². The smallest absolute Gasteiger partial charge is 0.338 e. The number of hydrogen-bond acceptors (Lipinski definition) is 5. The van der Waals surface area contributed by atoms with Crippen molar-refractivity contribution in [1.29, 1.82) is 0 Å². The van der Waals surface area contributed by atoms with E-state index in [1.807, 2.05) is 32.0 Å². The van der Waals surface area contributed by atoms with Gasteiger partial charge in [-0.2, -0.15) is 0 Å². The van der Waals surface area contributed by atoms with Gasteiger partial charge in [-0.3, -0.25) is 19.2 Å². The highest BCUT2D eigenvalue weighted by molar-refractivity contribution is 5.81. The highest BCUT2D eigenvalue weighted by atomic mass is 16.6. The standard InChI is InChI=1S/C17H18N4O4/c1-4-19-13-8-6-12(10-14(13)20(5-2)17(19)22)7-9-15-16(21(23)24)11(3)18-25-15/h6-10H,4-5H2,1-3H3. The van der Waals surface area contributed by atoms with Crippen LogP contribution < -0.4 is 5.69 Å². The summed E-state index contributed by atoms with van der Waals surface area (Å²) in [7, 11) is 0. The van der Waals surface area contributed by atoms with Crippen molar-refractivity contribution >= 4 is 28.9 Å². The van der Waals surface area contributed by atoms with Gasteiger partial charge in [0.25, 0.3) is 0 Å². The predicted octanol–water partition coefficient (Wildman–Crippen LogP) is 3.22. The van der Waals surface area contributed by atoms with Gasteiger partial charge in [0.2, 0.25) is 5.76 Å². The van der Waals surface area contributed by atoms with Crippen molar-refractivity contribution in [3.63, 3.8) is 0 Å². The summed E-state index contributed by atoms with van der Waals surface area (Å²) in [5.41, 5.74) is 2.57. The zero-order valence-corrected chi connectivity index (χ0v) is 14.2. The number of aromatic nitrogens is 3. The summed E-state index contributed by atoms with van der Waals surface area (Å²) in [6, 6.07) is 5.63. The summed E-state index contributed by atoms with van der Waals surface area (Å²) in [4.78, 5) is 22.9. The number of nitro groups is 1. The number of hydrogen-bond donors (Lipinski definition) is 0. The van der Waals surface area contributed by atoms with Crippen molar-refractivity contribution in [2.45, 2.75) is 33.9 Å². The molecule has 25 heavy (non-hydrogen) atoms. The van der Waals surface area contributed by atoms with Gasteiger partial charge in [0.15, 0.2) is 5.69 Å². The quantitative estimate of drug-likeness (QED) is 0.524. The third-order valence-electron chi connectivity index (χ3n) is 4.14. The van der Waals surface area contributed by atoms with E-state index < -0.39 is 4.92 Å². The molecule has 0 atom stereocenters. The maximum Gasteiger partial charge on any atom is 0.338 e. The van der Waals surface area contributed by atoms with Crippen molar-refractivity contribution in [3.05, 3.63) is 55.8 Å². The van der Waals surface area contributed by atoms with Crippen LogP contribution in [0.2, 0.25) is 0 Å². The Labute approximate surface area is 143 Å². The molecule has 0 saturated carbocycles. The summed E-state index contributed by atoms with van der Waals surface area (Å²) in [5.74, 6) is 0.0987. The monoisotopic (exact) mass is 342 g/mol. The minimum atomic E-state index is -0.509. The average molecular weight is 342 g/mol. The van der Waals surface area contributed by atoms with Crippen LogP contribution >= 0.6 is 0 Å². The molecule has 0 saturated heterocycles.